The fraction of sp³-hybridized carbons (Fsp3) is 0.917. The Balaban J connectivity index is 1.90. The van der Waals surface area contributed by atoms with Crippen LogP contribution >= 0.6 is 11.8 Å². The number of hydrogen-bond acceptors (Lipinski definition) is 3. The lowest BCUT2D eigenvalue weighted by atomic mass is 10.0. The third-order valence-electron chi connectivity index (χ3n) is 3.46. The standard InChI is InChI=1S/C12H22N2OS/c1-2-6-13-11-4-3-7-14(12(11)15)10-5-8-16-9-10/h10-11,13H,2-9H2,1H3. The van der Waals surface area contributed by atoms with Crippen molar-refractivity contribution in [2.45, 2.75) is 44.7 Å². The van der Waals surface area contributed by atoms with E-state index in [4.69, 9.17) is 0 Å². The molecular weight excluding hydrogens is 220 g/mol. The largest absolute Gasteiger partial charge is 0.338 e. The maximum atomic E-state index is 12.3. The fourth-order valence-corrected chi connectivity index (χ4v) is 3.76. The van der Waals surface area contributed by atoms with Crippen LogP contribution in [-0.2, 0) is 4.79 Å². The van der Waals surface area contributed by atoms with Crippen LogP contribution < -0.4 is 5.32 Å². The Morgan fingerprint density at radius 2 is 2.38 bits per heavy atom. The maximum absolute atomic E-state index is 12.3. The molecule has 4 heteroatoms. The molecule has 2 aliphatic heterocycles. The summed E-state index contributed by atoms with van der Waals surface area (Å²) in [6, 6.07) is 0.614. The van der Waals surface area contributed by atoms with Gasteiger partial charge in [0.2, 0.25) is 5.91 Å². The van der Waals surface area contributed by atoms with Crippen LogP contribution in [0, 0.1) is 0 Å². The Bertz CT molecular complexity index is 241. The van der Waals surface area contributed by atoms with E-state index >= 15 is 0 Å². The molecular formula is C12H22N2OS. The minimum atomic E-state index is 0.0966. The molecule has 0 radical (unpaired) electrons. The zero-order valence-corrected chi connectivity index (χ0v) is 10.9. The molecule has 2 saturated heterocycles. The van der Waals surface area contributed by atoms with Gasteiger partial charge in [-0.1, -0.05) is 6.92 Å². The first-order chi connectivity index (χ1) is 7.83. The van der Waals surface area contributed by atoms with Crippen molar-refractivity contribution in [2.75, 3.05) is 24.6 Å². The SMILES string of the molecule is CCCNC1CCCN(C2CCSC2)C1=O. The van der Waals surface area contributed by atoms with Crippen molar-refractivity contribution < 1.29 is 4.79 Å². The van der Waals surface area contributed by atoms with Gasteiger partial charge in [-0.05, 0) is 38.0 Å². The summed E-state index contributed by atoms with van der Waals surface area (Å²) in [5, 5.41) is 3.38. The molecule has 3 nitrogen and oxygen atoms in total. The van der Waals surface area contributed by atoms with Gasteiger partial charge in [-0.2, -0.15) is 11.8 Å². The molecule has 0 aromatic carbocycles. The highest BCUT2D eigenvalue weighted by Gasteiger charge is 2.33. The number of nitrogens with zero attached hydrogens (tertiary/aromatic N) is 1. The van der Waals surface area contributed by atoms with Gasteiger partial charge in [-0.15, -0.1) is 0 Å². The summed E-state index contributed by atoms with van der Waals surface area (Å²) in [5.74, 6) is 2.72. The van der Waals surface area contributed by atoms with Crippen LogP contribution in [0.25, 0.3) is 0 Å². The Morgan fingerprint density at radius 3 is 3.06 bits per heavy atom. The molecule has 2 heterocycles. The number of amides is 1. The maximum Gasteiger partial charge on any atom is 0.239 e. The van der Waals surface area contributed by atoms with E-state index in [-0.39, 0.29) is 6.04 Å². The van der Waals surface area contributed by atoms with Gasteiger partial charge in [-0.3, -0.25) is 4.79 Å². The Hall–Kier alpha value is -0.220. The predicted molar refractivity (Wildman–Crippen MR) is 68.8 cm³/mol. The van der Waals surface area contributed by atoms with Crippen LogP contribution in [0.5, 0.6) is 0 Å². The molecule has 0 aromatic rings. The summed E-state index contributed by atoms with van der Waals surface area (Å²) >= 11 is 1.98. The summed E-state index contributed by atoms with van der Waals surface area (Å²) in [7, 11) is 0. The molecule has 0 bridgehead atoms. The molecule has 16 heavy (non-hydrogen) atoms. The third-order valence-corrected chi connectivity index (χ3v) is 4.61. The average Bonchev–Trinajstić information content (AvgIpc) is 2.81. The fourth-order valence-electron chi connectivity index (χ4n) is 2.54. The first-order valence-corrected chi connectivity index (χ1v) is 7.60. The lowest BCUT2D eigenvalue weighted by molar-refractivity contribution is -0.138. The molecule has 92 valence electrons. The molecule has 2 atom stereocenters. The van der Waals surface area contributed by atoms with E-state index in [0.717, 1.165) is 38.1 Å². The van der Waals surface area contributed by atoms with Crippen LogP contribution in [0.2, 0.25) is 0 Å². The number of carbonyl (C=O) groups is 1. The zero-order chi connectivity index (χ0) is 11.4. The first-order valence-electron chi connectivity index (χ1n) is 6.44. The highest BCUT2D eigenvalue weighted by molar-refractivity contribution is 7.99. The summed E-state index contributed by atoms with van der Waals surface area (Å²) in [4.78, 5) is 14.4. The number of hydrogen-bond donors (Lipinski definition) is 1. The minimum Gasteiger partial charge on any atom is -0.338 e. The quantitative estimate of drug-likeness (QED) is 0.810. The molecule has 2 aliphatic rings. The van der Waals surface area contributed by atoms with Gasteiger partial charge in [0.05, 0.1) is 6.04 Å². The second-order valence-corrected chi connectivity index (χ2v) is 5.85. The monoisotopic (exact) mass is 242 g/mol. The summed E-state index contributed by atoms with van der Waals surface area (Å²) in [6.07, 6.45) is 4.48. The summed E-state index contributed by atoms with van der Waals surface area (Å²) in [6.45, 7) is 4.09. The molecule has 1 N–H and O–H groups in total. The third kappa shape index (κ3) is 2.72. The number of thioether (sulfide) groups is 1. The highest BCUT2D eigenvalue weighted by atomic mass is 32.2. The number of rotatable bonds is 4. The lowest BCUT2D eigenvalue weighted by Crippen LogP contribution is -2.54. The van der Waals surface area contributed by atoms with E-state index in [0.29, 0.717) is 11.9 Å². The molecule has 2 rings (SSSR count). The van der Waals surface area contributed by atoms with Crippen molar-refractivity contribution in [1.29, 1.82) is 0 Å². The van der Waals surface area contributed by atoms with E-state index in [1.807, 2.05) is 11.8 Å². The van der Waals surface area contributed by atoms with Crippen LogP contribution in [0.1, 0.15) is 32.6 Å². The molecule has 0 aromatic heterocycles. The van der Waals surface area contributed by atoms with Gasteiger partial charge in [0.15, 0.2) is 0 Å². The van der Waals surface area contributed by atoms with Gasteiger partial charge in [-0.25, -0.2) is 0 Å². The van der Waals surface area contributed by atoms with E-state index in [1.165, 1.54) is 12.2 Å². The second-order valence-electron chi connectivity index (χ2n) is 4.70. The van der Waals surface area contributed by atoms with Crippen molar-refractivity contribution >= 4 is 17.7 Å². The minimum absolute atomic E-state index is 0.0966. The molecule has 1 amide bonds. The van der Waals surface area contributed by atoms with E-state index < -0.39 is 0 Å². The molecule has 0 saturated carbocycles. The van der Waals surface area contributed by atoms with Crippen LogP contribution in [-0.4, -0.2) is 47.5 Å². The Morgan fingerprint density at radius 1 is 1.50 bits per heavy atom. The first kappa shape index (κ1) is 12.2. The van der Waals surface area contributed by atoms with Crippen molar-refractivity contribution in [3.8, 4) is 0 Å². The van der Waals surface area contributed by atoms with Gasteiger partial charge in [0.25, 0.3) is 0 Å². The Labute approximate surface area is 102 Å². The van der Waals surface area contributed by atoms with Crippen molar-refractivity contribution in [3.05, 3.63) is 0 Å². The lowest BCUT2D eigenvalue weighted by Gasteiger charge is -2.36. The van der Waals surface area contributed by atoms with E-state index in [9.17, 15) is 4.79 Å². The Kier molecular flexibility index (Phi) is 4.53. The molecule has 2 unspecified atom stereocenters. The highest BCUT2D eigenvalue weighted by Crippen LogP contribution is 2.25. The number of likely N-dealkylation sites (tertiary alicyclic amines) is 1. The van der Waals surface area contributed by atoms with Crippen LogP contribution in [0.3, 0.4) is 0 Å². The second kappa shape index (κ2) is 5.92. The van der Waals surface area contributed by atoms with E-state index in [2.05, 4.69) is 17.1 Å². The number of piperidine rings is 1. The normalized spacial score (nSPS) is 31.1. The molecule has 0 spiro atoms. The number of nitrogens with one attached hydrogen (secondary N) is 1. The summed E-state index contributed by atoms with van der Waals surface area (Å²) in [5.41, 5.74) is 0. The van der Waals surface area contributed by atoms with Crippen molar-refractivity contribution in [3.63, 3.8) is 0 Å². The van der Waals surface area contributed by atoms with Gasteiger partial charge in [0.1, 0.15) is 0 Å². The van der Waals surface area contributed by atoms with E-state index in [1.54, 1.807) is 0 Å². The zero-order valence-electron chi connectivity index (χ0n) is 10.1. The number of carbonyl (C=O) groups excluding carboxylic acids is 1. The smallest absolute Gasteiger partial charge is 0.239 e. The van der Waals surface area contributed by atoms with Crippen LogP contribution in [0.4, 0.5) is 0 Å². The topological polar surface area (TPSA) is 32.3 Å². The molecule has 2 fully saturated rings. The van der Waals surface area contributed by atoms with Gasteiger partial charge < -0.3 is 10.2 Å². The molecule has 0 aliphatic carbocycles. The van der Waals surface area contributed by atoms with Crippen molar-refractivity contribution in [2.24, 2.45) is 0 Å². The summed E-state index contributed by atoms with van der Waals surface area (Å²) < 4.78 is 0. The average molecular weight is 242 g/mol. The van der Waals surface area contributed by atoms with Gasteiger partial charge >= 0.3 is 0 Å². The van der Waals surface area contributed by atoms with Crippen molar-refractivity contribution in [1.82, 2.24) is 10.2 Å². The van der Waals surface area contributed by atoms with Crippen LogP contribution in [0.15, 0.2) is 0 Å². The van der Waals surface area contributed by atoms with Gasteiger partial charge in [0, 0.05) is 18.3 Å². The predicted octanol–water partition coefficient (Wildman–Crippen LogP) is 1.48.